The Morgan fingerprint density at radius 2 is 2.67 bits per heavy atom. The largest absolute Gasteiger partial charge is 0.328 e. The van der Waals surface area contributed by atoms with Crippen LogP contribution in [0.25, 0.3) is 0 Å². The number of hydrogen-bond acceptors (Lipinski definition) is 3. The van der Waals surface area contributed by atoms with Crippen LogP contribution < -0.4 is 0 Å². The molecular formula is C8H8N2OS. The normalized spacial score (nSPS) is 9.00. The van der Waals surface area contributed by atoms with E-state index in [1.165, 1.54) is 16.2 Å². The van der Waals surface area contributed by atoms with Crippen molar-refractivity contribution in [1.29, 1.82) is 0 Å². The van der Waals surface area contributed by atoms with E-state index in [-0.39, 0.29) is 5.91 Å². The van der Waals surface area contributed by atoms with Crippen LogP contribution in [0.2, 0.25) is 0 Å². The molecule has 0 fully saturated rings. The van der Waals surface area contributed by atoms with Gasteiger partial charge < -0.3 is 4.90 Å². The number of hydrogen-bond donors (Lipinski definition) is 0. The van der Waals surface area contributed by atoms with Crippen LogP contribution in [0.15, 0.2) is 11.6 Å². The molecule has 0 radical (unpaired) electrons. The quantitative estimate of drug-likeness (QED) is 0.629. The Labute approximate surface area is 75.0 Å². The first-order chi connectivity index (χ1) is 5.74. The summed E-state index contributed by atoms with van der Waals surface area (Å²) in [5, 5.41) is 2.75. The number of terminal acetylenes is 1. The molecule has 1 aromatic rings. The van der Waals surface area contributed by atoms with Crippen LogP contribution in [0.5, 0.6) is 0 Å². The molecule has 1 amide bonds. The lowest BCUT2D eigenvalue weighted by Crippen LogP contribution is -2.24. The predicted octanol–water partition coefficient (Wildman–Crippen LogP) is 0.735. The Morgan fingerprint density at radius 3 is 3.17 bits per heavy atom. The smallest absolute Gasteiger partial charge is 0.298 e. The maximum Gasteiger partial charge on any atom is 0.298 e. The molecule has 1 heterocycles. The molecule has 1 rings (SSSR count). The minimum Gasteiger partial charge on any atom is -0.328 e. The Bertz CT molecular complexity index is 299. The SMILES string of the molecule is C#CC(=O)N(C)Cc1nccs1. The fourth-order valence-corrected chi connectivity index (χ4v) is 1.38. The fourth-order valence-electron chi connectivity index (χ4n) is 0.716. The Hall–Kier alpha value is -1.34. The van der Waals surface area contributed by atoms with Gasteiger partial charge in [0.2, 0.25) is 0 Å². The van der Waals surface area contributed by atoms with E-state index in [4.69, 9.17) is 6.42 Å². The van der Waals surface area contributed by atoms with Gasteiger partial charge in [0.1, 0.15) is 5.01 Å². The first kappa shape index (κ1) is 8.75. The Kier molecular flexibility index (Phi) is 2.83. The highest BCUT2D eigenvalue weighted by Crippen LogP contribution is 2.06. The second kappa shape index (κ2) is 3.88. The van der Waals surface area contributed by atoms with Crippen LogP contribution in [0.1, 0.15) is 5.01 Å². The van der Waals surface area contributed by atoms with Gasteiger partial charge >= 0.3 is 0 Å². The van der Waals surface area contributed by atoms with Gasteiger partial charge in [0.05, 0.1) is 6.54 Å². The minimum atomic E-state index is -0.315. The molecule has 62 valence electrons. The number of rotatable bonds is 2. The van der Waals surface area contributed by atoms with Crippen LogP contribution in [0.3, 0.4) is 0 Å². The van der Waals surface area contributed by atoms with Crippen molar-refractivity contribution in [2.45, 2.75) is 6.54 Å². The molecule has 3 nitrogen and oxygen atoms in total. The van der Waals surface area contributed by atoms with E-state index in [9.17, 15) is 4.79 Å². The summed E-state index contributed by atoms with van der Waals surface area (Å²) in [7, 11) is 1.66. The third-order valence-electron chi connectivity index (χ3n) is 1.33. The number of thiazole rings is 1. The first-order valence-electron chi connectivity index (χ1n) is 3.34. The Morgan fingerprint density at radius 1 is 1.92 bits per heavy atom. The van der Waals surface area contributed by atoms with E-state index < -0.39 is 0 Å². The number of carbonyl (C=O) groups excluding carboxylic acids is 1. The molecule has 0 saturated carbocycles. The van der Waals surface area contributed by atoms with Gasteiger partial charge in [-0.1, -0.05) is 0 Å². The lowest BCUT2D eigenvalue weighted by molar-refractivity contribution is -0.124. The van der Waals surface area contributed by atoms with Crippen LogP contribution in [0, 0.1) is 12.3 Å². The van der Waals surface area contributed by atoms with Gasteiger partial charge in [-0.05, 0) is 5.92 Å². The van der Waals surface area contributed by atoms with Crippen LogP contribution in [-0.4, -0.2) is 22.8 Å². The van der Waals surface area contributed by atoms with Crippen molar-refractivity contribution in [3.63, 3.8) is 0 Å². The zero-order chi connectivity index (χ0) is 8.97. The highest BCUT2D eigenvalue weighted by atomic mass is 32.1. The molecule has 0 unspecified atom stereocenters. The van der Waals surface area contributed by atoms with Gasteiger partial charge in [-0.15, -0.1) is 17.8 Å². The van der Waals surface area contributed by atoms with E-state index in [2.05, 4.69) is 4.98 Å². The molecule has 12 heavy (non-hydrogen) atoms. The average Bonchev–Trinajstić information content (AvgIpc) is 2.55. The van der Waals surface area contributed by atoms with Crippen molar-refractivity contribution in [2.75, 3.05) is 7.05 Å². The Balaban J connectivity index is 2.54. The highest BCUT2D eigenvalue weighted by Gasteiger charge is 2.06. The van der Waals surface area contributed by atoms with Crippen molar-refractivity contribution < 1.29 is 4.79 Å². The molecular weight excluding hydrogens is 172 g/mol. The summed E-state index contributed by atoms with van der Waals surface area (Å²) in [4.78, 5) is 16.4. The number of aromatic nitrogens is 1. The monoisotopic (exact) mass is 180 g/mol. The summed E-state index contributed by atoms with van der Waals surface area (Å²) in [6.07, 6.45) is 6.65. The molecule has 0 N–H and O–H groups in total. The van der Waals surface area contributed by atoms with E-state index in [1.54, 1.807) is 13.2 Å². The summed E-state index contributed by atoms with van der Waals surface area (Å²) in [5.74, 6) is 1.73. The molecule has 4 heteroatoms. The summed E-state index contributed by atoms with van der Waals surface area (Å²) >= 11 is 1.51. The van der Waals surface area contributed by atoms with E-state index in [1.807, 2.05) is 11.3 Å². The molecule has 0 aliphatic rings. The molecule has 1 aromatic heterocycles. The third-order valence-corrected chi connectivity index (χ3v) is 2.09. The lowest BCUT2D eigenvalue weighted by atomic mass is 10.5. The summed E-state index contributed by atoms with van der Waals surface area (Å²) < 4.78 is 0. The van der Waals surface area contributed by atoms with Gasteiger partial charge in [-0.25, -0.2) is 4.98 Å². The van der Waals surface area contributed by atoms with Gasteiger partial charge in [0, 0.05) is 18.6 Å². The van der Waals surface area contributed by atoms with Crippen molar-refractivity contribution in [1.82, 2.24) is 9.88 Å². The summed E-state index contributed by atoms with van der Waals surface area (Å²) in [6, 6.07) is 0. The fraction of sp³-hybridized carbons (Fsp3) is 0.250. The third kappa shape index (κ3) is 2.07. The molecule has 0 aliphatic carbocycles. The number of carbonyl (C=O) groups is 1. The molecule has 0 spiro atoms. The molecule has 0 atom stereocenters. The van der Waals surface area contributed by atoms with E-state index >= 15 is 0 Å². The average molecular weight is 180 g/mol. The van der Waals surface area contributed by atoms with Crippen molar-refractivity contribution in [3.05, 3.63) is 16.6 Å². The molecule has 0 aromatic carbocycles. The summed E-state index contributed by atoms with van der Waals surface area (Å²) in [6.45, 7) is 0.487. The molecule has 0 bridgehead atoms. The van der Waals surface area contributed by atoms with Gasteiger partial charge in [-0.3, -0.25) is 4.79 Å². The minimum absolute atomic E-state index is 0.315. The zero-order valence-electron chi connectivity index (χ0n) is 6.65. The molecule has 0 saturated heterocycles. The number of amides is 1. The highest BCUT2D eigenvalue weighted by molar-refractivity contribution is 7.09. The summed E-state index contributed by atoms with van der Waals surface area (Å²) in [5.41, 5.74) is 0. The lowest BCUT2D eigenvalue weighted by Gasteiger charge is -2.10. The van der Waals surface area contributed by atoms with Gasteiger partial charge in [0.25, 0.3) is 5.91 Å². The maximum atomic E-state index is 10.9. The van der Waals surface area contributed by atoms with Crippen LogP contribution in [-0.2, 0) is 11.3 Å². The molecule has 0 aliphatic heterocycles. The second-order valence-electron chi connectivity index (χ2n) is 2.23. The van der Waals surface area contributed by atoms with Crippen LogP contribution >= 0.6 is 11.3 Å². The van der Waals surface area contributed by atoms with E-state index in [0.29, 0.717) is 6.54 Å². The zero-order valence-corrected chi connectivity index (χ0v) is 7.47. The van der Waals surface area contributed by atoms with Crippen molar-refractivity contribution >= 4 is 17.2 Å². The van der Waals surface area contributed by atoms with Crippen molar-refractivity contribution in [3.8, 4) is 12.3 Å². The first-order valence-corrected chi connectivity index (χ1v) is 4.22. The predicted molar refractivity (Wildman–Crippen MR) is 47.4 cm³/mol. The van der Waals surface area contributed by atoms with E-state index in [0.717, 1.165) is 5.01 Å². The second-order valence-corrected chi connectivity index (χ2v) is 3.21. The van der Waals surface area contributed by atoms with Crippen LogP contribution in [0.4, 0.5) is 0 Å². The standard InChI is InChI=1S/C8H8N2OS/c1-3-8(11)10(2)6-7-9-4-5-12-7/h1,4-5H,6H2,2H3. The van der Waals surface area contributed by atoms with Gasteiger partial charge in [0.15, 0.2) is 0 Å². The topological polar surface area (TPSA) is 33.2 Å². The number of nitrogens with zero attached hydrogens (tertiary/aromatic N) is 2. The maximum absolute atomic E-state index is 10.9. The van der Waals surface area contributed by atoms with Crippen molar-refractivity contribution in [2.24, 2.45) is 0 Å². The van der Waals surface area contributed by atoms with Gasteiger partial charge in [-0.2, -0.15) is 0 Å².